The predicted octanol–water partition coefficient (Wildman–Crippen LogP) is 3.69. The third kappa shape index (κ3) is 4.52. The zero-order chi connectivity index (χ0) is 20.2. The summed E-state index contributed by atoms with van der Waals surface area (Å²) in [5, 5.41) is 3.47. The van der Waals surface area contributed by atoms with Gasteiger partial charge in [0.1, 0.15) is 12.4 Å². The summed E-state index contributed by atoms with van der Waals surface area (Å²) in [5.74, 6) is 1.68. The van der Waals surface area contributed by atoms with Gasteiger partial charge in [0.15, 0.2) is 0 Å². The van der Waals surface area contributed by atoms with Gasteiger partial charge in [0.2, 0.25) is 5.90 Å². The first-order valence-corrected chi connectivity index (χ1v) is 10.3. The number of aliphatic imine (C=N–C) groups is 1. The average Bonchev–Trinajstić information content (AvgIpc) is 3.13. The molecule has 4 rings (SSSR count). The van der Waals surface area contributed by atoms with Gasteiger partial charge in [-0.3, -0.25) is 4.90 Å². The zero-order valence-corrected chi connectivity index (χ0v) is 17.2. The molecular formula is C24H29N3O2. The van der Waals surface area contributed by atoms with Crippen molar-refractivity contribution in [3.63, 3.8) is 0 Å². The van der Waals surface area contributed by atoms with Crippen molar-refractivity contribution >= 4 is 11.5 Å². The molecule has 5 nitrogen and oxygen atoms in total. The number of hydrogen-bond acceptors (Lipinski definition) is 5. The van der Waals surface area contributed by atoms with Gasteiger partial charge in [-0.1, -0.05) is 30.9 Å². The number of nitrogens with zero attached hydrogens (tertiary/aromatic N) is 2. The van der Waals surface area contributed by atoms with Crippen molar-refractivity contribution in [1.82, 2.24) is 10.2 Å². The van der Waals surface area contributed by atoms with Crippen LogP contribution in [0.15, 0.2) is 66.0 Å². The van der Waals surface area contributed by atoms with E-state index in [0.29, 0.717) is 18.5 Å². The summed E-state index contributed by atoms with van der Waals surface area (Å²) in [6, 6.07) is 6.61. The van der Waals surface area contributed by atoms with Crippen molar-refractivity contribution in [2.45, 2.75) is 19.9 Å². The zero-order valence-electron chi connectivity index (χ0n) is 17.2. The van der Waals surface area contributed by atoms with Gasteiger partial charge < -0.3 is 14.8 Å². The van der Waals surface area contributed by atoms with Crippen molar-refractivity contribution in [1.29, 1.82) is 0 Å². The highest BCUT2D eigenvalue weighted by molar-refractivity contribution is 5.93. The third-order valence-corrected chi connectivity index (χ3v) is 5.57. The Morgan fingerprint density at radius 1 is 1.31 bits per heavy atom. The highest BCUT2D eigenvalue weighted by Crippen LogP contribution is 2.38. The molecule has 0 spiro atoms. The first kappa shape index (κ1) is 19.7. The molecule has 1 aromatic rings. The fourth-order valence-corrected chi connectivity index (χ4v) is 4.05. The minimum atomic E-state index is 0.203. The van der Waals surface area contributed by atoms with Crippen LogP contribution in [0.2, 0.25) is 0 Å². The molecule has 1 fully saturated rings. The second-order valence-electron chi connectivity index (χ2n) is 7.76. The summed E-state index contributed by atoms with van der Waals surface area (Å²) >= 11 is 0. The lowest BCUT2D eigenvalue weighted by Gasteiger charge is -2.31. The van der Waals surface area contributed by atoms with Gasteiger partial charge >= 0.3 is 0 Å². The monoisotopic (exact) mass is 391 g/mol. The molecule has 0 radical (unpaired) electrons. The SMILES string of the molecule is C=COc1ccc(C)c(C2=C3N=C(OCCN4CCN[C@@H](C)C4)C=CC3C=C2)c1. The Kier molecular flexibility index (Phi) is 5.97. The molecule has 29 heavy (non-hydrogen) atoms. The molecular weight excluding hydrogens is 362 g/mol. The Labute approximate surface area is 173 Å². The summed E-state index contributed by atoms with van der Waals surface area (Å²) in [7, 11) is 0. The van der Waals surface area contributed by atoms with E-state index in [1.54, 1.807) is 0 Å². The predicted molar refractivity (Wildman–Crippen MR) is 118 cm³/mol. The Morgan fingerprint density at radius 3 is 3.00 bits per heavy atom. The van der Waals surface area contributed by atoms with E-state index in [-0.39, 0.29) is 5.92 Å². The quantitative estimate of drug-likeness (QED) is 0.752. The van der Waals surface area contributed by atoms with E-state index in [0.717, 1.165) is 48.8 Å². The molecule has 2 atom stereocenters. The largest absolute Gasteiger partial charge is 0.476 e. The first-order chi connectivity index (χ1) is 14.1. The normalized spacial score (nSPS) is 23.7. The molecule has 2 aliphatic heterocycles. The highest BCUT2D eigenvalue weighted by Gasteiger charge is 2.24. The number of ether oxygens (including phenoxy) is 2. The number of piperazine rings is 1. The Bertz CT molecular complexity index is 897. The number of aryl methyl sites for hydroxylation is 1. The Morgan fingerprint density at radius 2 is 2.17 bits per heavy atom. The smallest absolute Gasteiger partial charge is 0.213 e. The lowest BCUT2D eigenvalue weighted by atomic mass is 9.97. The van der Waals surface area contributed by atoms with Gasteiger partial charge in [-0.15, -0.1) is 0 Å². The van der Waals surface area contributed by atoms with Gasteiger partial charge in [-0.2, -0.15) is 0 Å². The molecule has 0 bridgehead atoms. The number of allylic oxidation sites excluding steroid dienone is 3. The van der Waals surface area contributed by atoms with Crippen LogP contribution < -0.4 is 10.1 Å². The molecule has 0 aromatic heterocycles. The summed E-state index contributed by atoms with van der Waals surface area (Å²) in [6.07, 6.45) is 9.94. The number of rotatable bonds is 6. The number of hydrogen-bond donors (Lipinski definition) is 1. The van der Waals surface area contributed by atoms with E-state index >= 15 is 0 Å². The molecule has 1 saturated heterocycles. The van der Waals surface area contributed by atoms with Gasteiger partial charge in [-0.05, 0) is 43.2 Å². The lowest BCUT2D eigenvalue weighted by molar-refractivity contribution is 0.166. The van der Waals surface area contributed by atoms with Crippen LogP contribution in [0.1, 0.15) is 18.1 Å². The molecule has 152 valence electrons. The summed E-state index contributed by atoms with van der Waals surface area (Å²) < 4.78 is 11.5. The minimum absolute atomic E-state index is 0.203. The van der Waals surface area contributed by atoms with Crippen LogP contribution in [0.4, 0.5) is 0 Å². The van der Waals surface area contributed by atoms with Gasteiger partial charge in [0.05, 0.1) is 12.0 Å². The molecule has 1 N–H and O–H groups in total. The fourth-order valence-electron chi connectivity index (χ4n) is 4.05. The summed E-state index contributed by atoms with van der Waals surface area (Å²) in [4.78, 5) is 7.29. The molecule has 3 aliphatic rings. The van der Waals surface area contributed by atoms with Crippen LogP contribution in [0.3, 0.4) is 0 Å². The fraction of sp³-hybridized carbons (Fsp3) is 0.375. The van der Waals surface area contributed by atoms with Crippen molar-refractivity contribution in [3.05, 3.63) is 72.2 Å². The second kappa shape index (κ2) is 8.80. The summed E-state index contributed by atoms with van der Waals surface area (Å²) in [6.45, 7) is 12.7. The van der Waals surface area contributed by atoms with Crippen LogP contribution in [-0.4, -0.2) is 49.6 Å². The number of benzene rings is 1. The number of dihydropyridines is 1. The lowest BCUT2D eigenvalue weighted by Crippen LogP contribution is -2.50. The molecule has 1 aliphatic carbocycles. The van der Waals surface area contributed by atoms with Crippen molar-refractivity contribution < 1.29 is 9.47 Å². The Balaban J connectivity index is 1.48. The van der Waals surface area contributed by atoms with E-state index in [1.807, 2.05) is 18.2 Å². The molecule has 2 heterocycles. The van der Waals surface area contributed by atoms with Crippen LogP contribution in [0.5, 0.6) is 5.75 Å². The maximum Gasteiger partial charge on any atom is 0.213 e. The van der Waals surface area contributed by atoms with Crippen molar-refractivity contribution in [3.8, 4) is 5.75 Å². The molecule has 0 saturated carbocycles. The summed E-state index contributed by atoms with van der Waals surface area (Å²) in [5.41, 5.74) is 4.49. The van der Waals surface area contributed by atoms with Gasteiger partial charge in [-0.25, -0.2) is 4.99 Å². The van der Waals surface area contributed by atoms with Gasteiger partial charge in [0, 0.05) is 43.7 Å². The minimum Gasteiger partial charge on any atom is -0.476 e. The molecule has 5 heteroatoms. The van der Waals surface area contributed by atoms with Crippen molar-refractivity contribution in [2.24, 2.45) is 10.9 Å². The van der Waals surface area contributed by atoms with Crippen LogP contribution >= 0.6 is 0 Å². The highest BCUT2D eigenvalue weighted by atomic mass is 16.5. The van der Waals surface area contributed by atoms with E-state index < -0.39 is 0 Å². The molecule has 0 amide bonds. The van der Waals surface area contributed by atoms with E-state index in [4.69, 9.17) is 14.5 Å². The standard InChI is InChI=1S/C24H29N3O2/c1-4-28-20-8-5-17(2)22(15-20)21-9-6-19-7-10-23(26-24(19)21)29-14-13-27-12-11-25-18(3)16-27/h4-10,15,18-19,25H,1,11-14,16H2,2-3H3/t18-,19?/m0/s1. The van der Waals surface area contributed by atoms with E-state index in [9.17, 15) is 0 Å². The Hall–Kier alpha value is -2.63. The number of nitrogens with one attached hydrogen (secondary N) is 1. The maximum absolute atomic E-state index is 6.01. The van der Waals surface area contributed by atoms with Gasteiger partial charge in [0.25, 0.3) is 0 Å². The maximum atomic E-state index is 6.01. The first-order valence-electron chi connectivity index (χ1n) is 10.3. The van der Waals surface area contributed by atoms with Crippen LogP contribution in [-0.2, 0) is 4.74 Å². The second-order valence-corrected chi connectivity index (χ2v) is 7.76. The molecule has 1 unspecified atom stereocenters. The van der Waals surface area contributed by atoms with E-state index in [2.05, 4.69) is 54.9 Å². The topological polar surface area (TPSA) is 46.1 Å². The van der Waals surface area contributed by atoms with Crippen LogP contribution in [0, 0.1) is 12.8 Å². The number of fused-ring (bicyclic) bond motifs is 1. The third-order valence-electron chi connectivity index (χ3n) is 5.57. The van der Waals surface area contributed by atoms with Crippen LogP contribution in [0.25, 0.3) is 5.57 Å². The molecule has 1 aromatic carbocycles. The van der Waals surface area contributed by atoms with E-state index in [1.165, 1.54) is 11.8 Å². The average molecular weight is 392 g/mol. The van der Waals surface area contributed by atoms with Crippen molar-refractivity contribution in [2.75, 3.05) is 32.8 Å².